The second-order valence-corrected chi connectivity index (χ2v) is 27.0. The van der Waals surface area contributed by atoms with Gasteiger partial charge < -0.3 is 0 Å². The molecule has 180 valence electrons. The van der Waals surface area contributed by atoms with E-state index in [9.17, 15) is 0 Å². The average Bonchev–Trinajstić information content (AvgIpc) is 2.88. The maximum atomic E-state index is 7.30. The van der Waals surface area contributed by atoms with Gasteiger partial charge in [0.2, 0.25) is 0 Å². The third-order valence-corrected chi connectivity index (χ3v) is 26.3. The van der Waals surface area contributed by atoms with Crippen LogP contribution in [0.1, 0.15) is 32.4 Å². The molecule has 0 saturated heterocycles. The van der Waals surface area contributed by atoms with Crippen LogP contribution in [0, 0.1) is 0 Å². The second-order valence-electron chi connectivity index (χ2n) is 11.0. The van der Waals surface area contributed by atoms with Crippen molar-refractivity contribution in [1.82, 2.24) is 0 Å². The summed E-state index contributed by atoms with van der Waals surface area (Å²) < 4.78 is 12.8. The van der Waals surface area contributed by atoms with Gasteiger partial charge in [-0.15, -0.1) is 0 Å². The zero-order valence-electron chi connectivity index (χ0n) is 21.7. The Morgan fingerprint density at radius 2 is 0.943 bits per heavy atom. The Bertz CT molecular complexity index is 1090. The van der Waals surface area contributed by atoms with Crippen LogP contribution in [0.2, 0.25) is 22.6 Å². The molecule has 3 heteroatoms. The van der Waals surface area contributed by atoms with E-state index >= 15 is 0 Å². The first-order valence-corrected chi connectivity index (χ1v) is 21.8. The normalized spacial score (nSPS) is 13.4. The fraction of sp³-hybridized carbons (Fsp3) is 0.250. The van der Waals surface area contributed by atoms with Gasteiger partial charge in [-0.25, -0.2) is 0 Å². The molecule has 1 nitrogen and oxygen atoms in total. The Kier molecular flexibility index (Phi) is 8.04. The fourth-order valence-corrected chi connectivity index (χ4v) is 20.4. The van der Waals surface area contributed by atoms with Crippen LogP contribution >= 0.6 is 0 Å². The molecule has 0 fully saturated rings. The molecular formula is C32H38OSiSn. The van der Waals surface area contributed by atoms with Crippen LogP contribution in [-0.4, -0.2) is 26.7 Å². The van der Waals surface area contributed by atoms with Crippen LogP contribution in [0.3, 0.4) is 0 Å². The summed E-state index contributed by atoms with van der Waals surface area (Å²) in [6.45, 7) is 11.8. The van der Waals surface area contributed by atoms with E-state index in [1.807, 2.05) is 0 Å². The van der Waals surface area contributed by atoms with Gasteiger partial charge in [0.05, 0.1) is 0 Å². The van der Waals surface area contributed by atoms with Crippen molar-refractivity contribution < 1.29 is 4.43 Å². The number of benzene rings is 4. The van der Waals surface area contributed by atoms with E-state index in [0.717, 1.165) is 4.44 Å². The molecule has 0 amide bonds. The predicted octanol–water partition coefficient (Wildman–Crippen LogP) is 6.92. The van der Waals surface area contributed by atoms with Gasteiger partial charge in [-0.05, 0) is 0 Å². The van der Waals surface area contributed by atoms with Crippen molar-refractivity contribution in [2.45, 2.75) is 49.4 Å². The molecule has 0 radical (unpaired) electrons. The number of hydrogen-bond acceptors (Lipinski definition) is 1. The molecule has 0 spiro atoms. The van der Waals surface area contributed by atoms with E-state index in [4.69, 9.17) is 4.43 Å². The quantitative estimate of drug-likeness (QED) is 0.204. The summed E-state index contributed by atoms with van der Waals surface area (Å²) in [5.41, 5.74) is 1.29. The van der Waals surface area contributed by atoms with Gasteiger partial charge in [0.1, 0.15) is 0 Å². The van der Waals surface area contributed by atoms with Crippen LogP contribution in [0.4, 0.5) is 0 Å². The Morgan fingerprint density at radius 1 is 0.600 bits per heavy atom. The van der Waals surface area contributed by atoms with E-state index in [-0.39, 0.29) is 11.1 Å². The molecule has 0 aliphatic rings. The zero-order chi connectivity index (χ0) is 24.9. The zero-order valence-corrected chi connectivity index (χ0v) is 25.6. The van der Waals surface area contributed by atoms with Gasteiger partial charge in [-0.3, -0.25) is 0 Å². The summed E-state index contributed by atoms with van der Waals surface area (Å²) in [6.07, 6.45) is 0.0495. The molecular weight excluding hydrogens is 547 g/mol. The Balaban J connectivity index is 1.95. The Hall–Kier alpha value is -2.14. The van der Waals surface area contributed by atoms with Crippen molar-refractivity contribution in [3.05, 3.63) is 127 Å². The van der Waals surface area contributed by atoms with Crippen LogP contribution in [-0.2, 0) is 4.43 Å². The van der Waals surface area contributed by atoms with Crippen molar-refractivity contribution in [3.8, 4) is 0 Å². The van der Waals surface area contributed by atoms with Crippen molar-refractivity contribution in [2.24, 2.45) is 0 Å². The summed E-state index contributed by atoms with van der Waals surface area (Å²) >= 11 is -3.49. The van der Waals surface area contributed by atoms with E-state index in [1.165, 1.54) is 16.3 Å². The standard InChI is InChI=1S/C14H23OSi.3C6H5.Sn/c1-12(13-10-8-7-9-11-13)15-16(5,6)14(2,3)4;3*1-2-4-6-5-3-1;/h7-12H,1H2,2-6H3;3*1-5H;. The molecule has 1 atom stereocenters. The van der Waals surface area contributed by atoms with E-state index in [1.54, 1.807) is 0 Å². The third kappa shape index (κ3) is 5.66. The van der Waals surface area contributed by atoms with Crippen LogP contribution in [0.25, 0.3) is 0 Å². The molecule has 4 aromatic rings. The van der Waals surface area contributed by atoms with Crippen molar-refractivity contribution in [2.75, 3.05) is 0 Å². The van der Waals surface area contributed by atoms with Crippen molar-refractivity contribution in [1.29, 1.82) is 0 Å². The van der Waals surface area contributed by atoms with Gasteiger partial charge in [-0.2, -0.15) is 0 Å². The molecule has 0 heterocycles. The second kappa shape index (κ2) is 10.9. The Morgan fingerprint density at radius 3 is 1.29 bits per heavy atom. The average molecular weight is 585 g/mol. The summed E-state index contributed by atoms with van der Waals surface area (Å²) in [5.74, 6) is 0. The molecule has 0 aromatic heterocycles. The van der Waals surface area contributed by atoms with E-state index in [2.05, 4.69) is 155 Å². The topological polar surface area (TPSA) is 9.23 Å². The van der Waals surface area contributed by atoms with Gasteiger partial charge in [-0.1, -0.05) is 0 Å². The van der Waals surface area contributed by atoms with Crippen LogP contribution in [0.15, 0.2) is 121 Å². The molecule has 4 rings (SSSR count). The number of hydrogen-bond donors (Lipinski definition) is 0. The van der Waals surface area contributed by atoms with E-state index < -0.39 is 26.7 Å². The van der Waals surface area contributed by atoms with E-state index in [0.29, 0.717) is 0 Å². The fourth-order valence-electron chi connectivity index (χ4n) is 4.73. The minimum atomic E-state index is -3.49. The van der Waals surface area contributed by atoms with Crippen molar-refractivity contribution >= 4 is 37.4 Å². The Labute approximate surface area is 217 Å². The van der Waals surface area contributed by atoms with Crippen LogP contribution < -0.4 is 10.7 Å². The summed E-state index contributed by atoms with van der Waals surface area (Å²) in [5, 5.41) is 0.143. The molecule has 4 aromatic carbocycles. The summed E-state index contributed by atoms with van der Waals surface area (Å²) in [4.78, 5) is 0. The van der Waals surface area contributed by atoms with Crippen LogP contribution in [0.5, 0.6) is 0 Å². The molecule has 0 aliphatic carbocycles. The van der Waals surface area contributed by atoms with Gasteiger partial charge in [0, 0.05) is 0 Å². The molecule has 0 N–H and O–H groups in total. The summed E-state index contributed by atoms with van der Waals surface area (Å²) in [6, 6.07) is 44.8. The molecule has 0 saturated carbocycles. The number of rotatable bonds is 8. The minimum absolute atomic E-state index is 0.0495. The first-order valence-electron chi connectivity index (χ1n) is 12.6. The molecule has 35 heavy (non-hydrogen) atoms. The van der Waals surface area contributed by atoms with Crippen molar-refractivity contribution in [3.63, 3.8) is 0 Å². The SMILES string of the molecule is CC(C)(C)[Si](C)(C)OC([CH2][Sn]([c]1ccccc1)([c]1ccccc1)[c]1ccccc1)c1ccccc1. The van der Waals surface area contributed by atoms with Gasteiger partial charge >= 0.3 is 218 Å². The van der Waals surface area contributed by atoms with Gasteiger partial charge in [0.25, 0.3) is 0 Å². The van der Waals surface area contributed by atoms with Gasteiger partial charge in [0.15, 0.2) is 0 Å². The summed E-state index contributed by atoms with van der Waals surface area (Å²) in [7, 11) is -2.02. The first kappa shape index (κ1) is 25.9. The predicted molar refractivity (Wildman–Crippen MR) is 156 cm³/mol. The molecule has 0 aliphatic heterocycles. The third-order valence-electron chi connectivity index (χ3n) is 7.71. The monoisotopic (exact) mass is 586 g/mol. The maximum absolute atomic E-state index is 7.30. The molecule has 1 unspecified atom stereocenters. The molecule has 0 bridgehead atoms. The first-order chi connectivity index (χ1) is 16.7.